The molecule has 0 bridgehead atoms. The maximum atomic E-state index is 12.8. The van der Waals surface area contributed by atoms with Gasteiger partial charge in [0.15, 0.2) is 11.5 Å². The van der Waals surface area contributed by atoms with Crippen molar-refractivity contribution in [2.75, 3.05) is 24.5 Å². The van der Waals surface area contributed by atoms with Gasteiger partial charge in [-0.2, -0.15) is 0 Å². The van der Waals surface area contributed by atoms with E-state index < -0.39 is 10.0 Å². The number of hydrogen-bond donors (Lipinski definition) is 1. The summed E-state index contributed by atoms with van der Waals surface area (Å²) in [5.74, 6) is 0.998. The van der Waals surface area contributed by atoms with Crippen LogP contribution in [-0.2, 0) is 10.0 Å². The number of carbonyl (C=O) groups excluding carboxylic acids is 1. The molecule has 0 saturated heterocycles. The Bertz CT molecular complexity index is 1180. The fourth-order valence-electron chi connectivity index (χ4n) is 3.20. The number of carbonyl (C=O) groups is 1. The third-order valence-corrected chi connectivity index (χ3v) is 6.73. The Kier molecular flexibility index (Phi) is 5.81. The molecule has 4 rings (SSSR count). The molecule has 1 aliphatic rings. The zero-order chi connectivity index (χ0) is 21.8. The van der Waals surface area contributed by atoms with Crippen molar-refractivity contribution in [2.24, 2.45) is 0 Å². The van der Waals surface area contributed by atoms with Gasteiger partial charge in [0.05, 0.1) is 17.1 Å². The Balaban J connectivity index is 1.43. The quantitative estimate of drug-likeness (QED) is 0.639. The molecular formula is C23H22N2O5S. The van der Waals surface area contributed by atoms with E-state index in [2.05, 4.69) is 5.32 Å². The van der Waals surface area contributed by atoms with E-state index in [0.29, 0.717) is 29.4 Å². The summed E-state index contributed by atoms with van der Waals surface area (Å²) in [4.78, 5) is 12.8. The van der Waals surface area contributed by atoms with Gasteiger partial charge in [0, 0.05) is 12.6 Å². The number of fused-ring (bicyclic) bond motifs is 1. The fourth-order valence-corrected chi connectivity index (χ4v) is 4.41. The molecule has 1 amide bonds. The molecule has 1 aliphatic heterocycles. The fraction of sp³-hybridized carbons (Fsp3) is 0.174. The van der Waals surface area contributed by atoms with Crippen molar-refractivity contribution in [1.29, 1.82) is 0 Å². The van der Waals surface area contributed by atoms with Gasteiger partial charge in [0.1, 0.15) is 12.7 Å². The molecule has 1 N–H and O–H groups in total. The van der Waals surface area contributed by atoms with Gasteiger partial charge in [0.25, 0.3) is 15.9 Å². The maximum absolute atomic E-state index is 12.8. The van der Waals surface area contributed by atoms with E-state index in [0.717, 1.165) is 4.31 Å². The molecule has 0 aliphatic carbocycles. The molecule has 1 atom stereocenters. The molecule has 3 aromatic rings. The van der Waals surface area contributed by atoms with Crippen LogP contribution in [0.3, 0.4) is 0 Å². The zero-order valence-electron chi connectivity index (χ0n) is 16.9. The lowest BCUT2D eigenvalue weighted by Gasteiger charge is -2.26. The Morgan fingerprint density at radius 1 is 1.00 bits per heavy atom. The lowest BCUT2D eigenvalue weighted by Crippen LogP contribution is -2.40. The average molecular weight is 439 g/mol. The number of anilines is 1. The molecule has 0 spiro atoms. The molecule has 160 valence electrons. The monoisotopic (exact) mass is 438 g/mol. The van der Waals surface area contributed by atoms with E-state index in [-0.39, 0.29) is 23.5 Å². The molecule has 31 heavy (non-hydrogen) atoms. The third-order valence-electron chi connectivity index (χ3n) is 4.93. The number of ether oxygens (including phenoxy) is 2. The van der Waals surface area contributed by atoms with Gasteiger partial charge in [-0.25, -0.2) is 8.42 Å². The molecule has 8 heteroatoms. The van der Waals surface area contributed by atoms with E-state index >= 15 is 0 Å². The highest BCUT2D eigenvalue weighted by Gasteiger charge is 2.23. The highest BCUT2D eigenvalue weighted by molar-refractivity contribution is 7.92. The zero-order valence-corrected chi connectivity index (χ0v) is 17.7. The summed E-state index contributed by atoms with van der Waals surface area (Å²) in [6.07, 6.45) is -0.317. The summed E-state index contributed by atoms with van der Waals surface area (Å²) in [5.41, 5.74) is 0.743. The van der Waals surface area contributed by atoms with Crippen LogP contribution in [0.15, 0.2) is 83.8 Å². The summed E-state index contributed by atoms with van der Waals surface area (Å²) < 4.78 is 38.3. The topological polar surface area (TPSA) is 84.9 Å². The molecule has 0 aromatic heterocycles. The largest absolute Gasteiger partial charge is 0.486 e. The van der Waals surface area contributed by atoms with Crippen LogP contribution in [-0.4, -0.2) is 40.6 Å². The Labute approximate surface area is 181 Å². The van der Waals surface area contributed by atoms with Gasteiger partial charge >= 0.3 is 0 Å². The molecule has 0 radical (unpaired) electrons. The minimum atomic E-state index is -3.73. The highest BCUT2D eigenvalue weighted by Crippen LogP contribution is 2.30. The first-order chi connectivity index (χ1) is 14.9. The lowest BCUT2D eigenvalue weighted by atomic mass is 10.2. The van der Waals surface area contributed by atoms with Crippen LogP contribution in [0.25, 0.3) is 0 Å². The van der Waals surface area contributed by atoms with Crippen LogP contribution in [0.2, 0.25) is 0 Å². The van der Waals surface area contributed by atoms with Crippen LogP contribution in [0.5, 0.6) is 11.5 Å². The third kappa shape index (κ3) is 4.49. The van der Waals surface area contributed by atoms with E-state index in [1.54, 1.807) is 42.5 Å². The summed E-state index contributed by atoms with van der Waals surface area (Å²) in [6.45, 7) is 0.588. The number of rotatable bonds is 6. The first-order valence-electron chi connectivity index (χ1n) is 9.76. The summed E-state index contributed by atoms with van der Waals surface area (Å²) in [5, 5.41) is 2.82. The molecule has 0 fully saturated rings. The first-order valence-corrected chi connectivity index (χ1v) is 11.2. The van der Waals surface area contributed by atoms with Crippen LogP contribution in [0, 0.1) is 0 Å². The number of amides is 1. The number of hydrogen-bond acceptors (Lipinski definition) is 5. The van der Waals surface area contributed by atoms with Gasteiger partial charge < -0.3 is 14.8 Å². The van der Waals surface area contributed by atoms with E-state index in [9.17, 15) is 13.2 Å². The first kappa shape index (κ1) is 20.7. The van der Waals surface area contributed by atoms with Crippen LogP contribution in [0.4, 0.5) is 5.69 Å². The highest BCUT2D eigenvalue weighted by atomic mass is 32.2. The van der Waals surface area contributed by atoms with Crippen molar-refractivity contribution in [2.45, 2.75) is 11.0 Å². The predicted octanol–water partition coefficient (Wildman–Crippen LogP) is 3.08. The minimum absolute atomic E-state index is 0.182. The maximum Gasteiger partial charge on any atom is 0.264 e. The van der Waals surface area contributed by atoms with Gasteiger partial charge in [-0.1, -0.05) is 36.4 Å². The number of nitrogens with zero attached hydrogens (tertiary/aromatic N) is 1. The van der Waals surface area contributed by atoms with Crippen LogP contribution in [0.1, 0.15) is 10.4 Å². The normalized spacial score (nSPS) is 15.2. The summed E-state index contributed by atoms with van der Waals surface area (Å²) in [7, 11) is -2.26. The average Bonchev–Trinajstić information content (AvgIpc) is 2.82. The van der Waals surface area contributed by atoms with E-state index in [1.807, 2.05) is 24.3 Å². The molecule has 0 saturated carbocycles. The molecule has 1 heterocycles. The lowest BCUT2D eigenvalue weighted by molar-refractivity contribution is 0.0789. The van der Waals surface area contributed by atoms with Crippen molar-refractivity contribution < 1.29 is 22.7 Å². The molecule has 7 nitrogen and oxygen atoms in total. The summed E-state index contributed by atoms with van der Waals surface area (Å²) >= 11 is 0. The SMILES string of the molecule is CN(c1cccc(C(=O)NC[C@@H]2COc3ccccc3O2)c1)S(=O)(=O)c1ccccc1. The van der Waals surface area contributed by atoms with E-state index in [4.69, 9.17) is 9.47 Å². The van der Waals surface area contributed by atoms with Gasteiger partial charge in [-0.05, 0) is 42.5 Å². The van der Waals surface area contributed by atoms with Crippen molar-refractivity contribution in [3.05, 3.63) is 84.4 Å². The van der Waals surface area contributed by atoms with Crippen LogP contribution >= 0.6 is 0 Å². The Morgan fingerprint density at radius 3 is 2.48 bits per heavy atom. The van der Waals surface area contributed by atoms with E-state index in [1.165, 1.54) is 19.2 Å². The minimum Gasteiger partial charge on any atom is -0.486 e. The van der Waals surface area contributed by atoms with Crippen molar-refractivity contribution in [1.82, 2.24) is 5.32 Å². The number of nitrogens with one attached hydrogen (secondary N) is 1. The Hall–Kier alpha value is -3.52. The number of sulfonamides is 1. The second-order valence-corrected chi connectivity index (χ2v) is 9.01. The second-order valence-electron chi connectivity index (χ2n) is 7.04. The Morgan fingerprint density at radius 2 is 1.71 bits per heavy atom. The van der Waals surface area contributed by atoms with Crippen molar-refractivity contribution in [3.8, 4) is 11.5 Å². The molecular weight excluding hydrogens is 416 g/mol. The van der Waals surface area contributed by atoms with Gasteiger partial charge in [-0.3, -0.25) is 9.10 Å². The van der Waals surface area contributed by atoms with Gasteiger partial charge in [0.2, 0.25) is 0 Å². The molecule has 3 aromatic carbocycles. The summed E-state index contributed by atoms with van der Waals surface area (Å²) in [6, 6.07) is 22.0. The molecule has 0 unspecified atom stereocenters. The van der Waals surface area contributed by atoms with Crippen LogP contribution < -0.4 is 19.1 Å². The standard InChI is InChI=1S/C23H22N2O5S/c1-25(31(27,28)20-10-3-2-4-11-20)18-9-7-8-17(14-18)23(26)24-15-19-16-29-21-12-5-6-13-22(21)30-19/h2-14,19H,15-16H2,1H3,(H,24,26)/t19-/m1/s1. The predicted molar refractivity (Wildman–Crippen MR) is 117 cm³/mol. The smallest absolute Gasteiger partial charge is 0.264 e. The van der Waals surface area contributed by atoms with Crippen molar-refractivity contribution >= 4 is 21.6 Å². The number of para-hydroxylation sites is 2. The van der Waals surface area contributed by atoms with Gasteiger partial charge in [-0.15, -0.1) is 0 Å². The second kappa shape index (κ2) is 8.69. The van der Waals surface area contributed by atoms with Crippen molar-refractivity contribution in [3.63, 3.8) is 0 Å². The number of benzene rings is 3.